The van der Waals surface area contributed by atoms with Crippen LogP contribution in [-0.4, -0.2) is 0 Å². The Labute approximate surface area is 100 Å². The summed E-state index contributed by atoms with van der Waals surface area (Å²) in [7, 11) is 0. The molecular formula is C16H24. The van der Waals surface area contributed by atoms with Gasteiger partial charge in [0, 0.05) is 0 Å². The first-order chi connectivity index (χ1) is 7.59. The molecule has 1 saturated carbocycles. The third kappa shape index (κ3) is 2.48. The molecule has 0 bridgehead atoms. The van der Waals surface area contributed by atoms with Crippen LogP contribution in [0.1, 0.15) is 57.9 Å². The highest BCUT2D eigenvalue weighted by atomic mass is 14.4. The number of benzene rings is 1. The molecule has 0 unspecified atom stereocenters. The quantitative estimate of drug-likeness (QED) is 0.619. The molecule has 1 fully saturated rings. The molecule has 88 valence electrons. The molecule has 0 radical (unpaired) electrons. The molecule has 0 aromatic heterocycles. The fourth-order valence-corrected chi connectivity index (χ4v) is 3.27. The molecule has 0 aliphatic heterocycles. The zero-order valence-electron chi connectivity index (χ0n) is 10.9. The second kappa shape index (κ2) is 4.61. The van der Waals surface area contributed by atoms with Gasteiger partial charge in [-0.3, -0.25) is 0 Å². The van der Waals surface area contributed by atoms with Crippen molar-refractivity contribution in [3.05, 3.63) is 35.9 Å². The summed E-state index contributed by atoms with van der Waals surface area (Å²) in [6.45, 7) is 7.21. The van der Waals surface area contributed by atoms with Crippen molar-refractivity contribution in [2.24, 2.45) is 11.3 Å². The molecule has 0 saturated heterocycles. The smallest absolute Gasteiger partial charge is 0.0129 e. The van der Waals surface area contributed by atoms with Crippen LogP contribution in [0, 0.1) is 11.3 Å². The summed E-state index contributed by atoms with van der Waals surface area (Å²) in [6.07, 6.45) is 5.62. The lowest BCUT2D eigenvalue weighted by Gasteiger charge is -2.40. The van der Waals surface area contributed by atoms with E-state index in [1.165, 1.54) is 25.7 Å². The van der Waals surface area contributed by atoms with Crippen LogP contribution in [0.25, 0.3) is 0 Å². The van der Waals surface area contributed by atoms with E-state index in [-0.39, 0.29) is 0 Å². The van der Waals surface area contributed by atoms with Crippen molar-refractivity contribution in [3.8, 4) is 0 Å². The molecule has 0 N–H and O–H groups in total. The molecule has 0 heterocycles. The molecule has 1 aliphatic carbocycles. The summed E-state index contributed by atoms with van der Waals surface area (Å²) in [5.74, 6) is 1.64. The maximum atomic E-state index is 2.40. The van der Waals surface area contributed by atoms with Gasteiger partial charge in [-0.15, -0.1) is 0 Å². The van der Waals surface area contributed by atoms with E-state index in [0.29, 0.717) is 5.41 Å². The van der Waals surface area contributed by atoms with Crippen molar-refractivity contribution in [2.45, 2.75) is 52.4 Å². The fraction of sp³-hybridized carbons (Fsp3) is 0.625. The van der Waals surface area contributed by atoms with Gasteiger partial charge in [0.1, 0.15) is 0 Å². The average molecular weight is 216 g/mol. The molecule has 0 amide bonds. The molecule has 0 heteroatoms. The summed E-state index contributed by atoms with van der Waals surface area (Å²) in [5, 5.41) is 0. The summed E-state index contributed by atoms with van der Waals surface area (Å²) in [5.41, 5.74) is 2.00. The molecule has 1 aromatic carbocycles. The van der Waals surface area contributed by atoms with Crippen molar-refractivity contribution >= 4 is 0 Å². The Balaban J connectivity index is 2.24. The van der Waals surface area contributed by atoms with Crippen molar-refractivity contribution in [3.63, 3.8) is 0 Å². The van der Waals surface area contributed by atoms with Crippen LogP contribution in [0.2, 0.25) is 0 Å². The minimum absolute atomic E-state index is 0.445. The van der Waals surface area contributed by atoms with E-state index in [4.69, 9.17) is 0 Å². The molecular weight excluding hydrogens is 192 g/mol. The van der Waals surface area contributed by atoms with Crippen molar-refractivity contribution < 1.29 is 0 Å². The molecule has 1 aromatic rings. The topological polar surface area (TPSA) is 0 Å². The van der Waals surface area contributed by atoms with Crippen LogP contribution in [0.15, 0.2) is 30.3 Å². The molecule has 16 heavy (non-hydrogen) atoms. The van der Waals surface area contributed by atoms with Crippen LogP contribution in [0.5, 0.6) is 0 Å². The zero-order chi connectivity index (χ0) is 11.6. The highest BCUT2D eigenvalue weighted by Gasteiger charge is 2.34. The standard InChI is InChI=1S/C16H24/c1-16(2,3)15-12-8-7-11-14(15)13-9-5-4-6-10-13/h4-6,9-10,14-15H,7-8,11-12H2,1-3H3/t14-,15-/m1/s1. The van der Waals surface area contributed by atoms with Gasteiger partial charge >= 0.3 is 0 Å². The predicted molar refractivity (Wildman–Crippen MR) is 70.6 cm³/mol. The van der Waals surface area contributed by atoms with Gasteiger partial charge in [-0.25, -0.2) is 0 Å². The van der Waals surface area contributed by atoms with E-state index in [2.05, 4.69) is 51.1 Å². The van der Waals surface area contributed by atoms with Crippen LogP contribution >= 0.6 is 0 Å². The fourth-order valence-electron chi connectivity index (χ4n) is 3.27. The maximum Gasteiger partial charge on any atom is -0.0129 e. The van der Waals surface area contributed by atoms with Gasteiger partial charge in [-0.05, 0) is 35.7 Å². The van der Waals surface area contributed by atoms with Crippen LogP contribution < -0.4 is 0 Å². The van der Waals surface area contributed by atoms with Gasteiger partial charge in [-0.2, -0.15) is 0 Å². The lowest BCUT2D eigenvalue weighted by Crippen LogP contribution is -2.29. The number of hydrogen-bond acceptors (Lipinski definition) is 0. The molecule has 2 rings (SSSR count). The van der Waals surface area contributed by atoms with E-state index in [0.717, 1.165) is 11.8 Å². The minimum atomic E-state index is 0.445. The lowest BCUT2D eigenvalue weighted by molar-refractivity contribution is 0.151. The predicted octanol–water partition coefficient (Wildman–Crippen LogP) is 5.01. The van der Waals surface area contributed by atoms with Gasteiger partial charge in [0.2, 0.25) is 0 Å². The van der Waals surface area contributed by atoms with Crippen LogP contribution in [-0.2, 0) is 0 Å². The summed E-state index contributed by atoms with van der Waals surface area (Å²) in [4.78, 5) is 0. The summed E-state index contributed by atoms with van der Waals surface area (Å²) < 4.78 is 0. The Kier molecular flexibility index (Phi) is 3.37. The van der Waals surface area contributed by atoms with E-state index in [1.54, 1.807) is 5.56 Å². The number of hydrogen-bond donors (Lipinski definition) is 0. The van der Waals surface area contributed by atoms with Gasteiger partial charge in [0.25, 0.3) is 0 Å². The van der Waals surface area contributed by atoms with E-state index >= 15 is 0 Å². The van der Waals surface area contributed by atoms with E-state index in [1.807, 2.05) is 0 Å². The van der Waals surface area contributed by atoms with E-state index in [9.17, 15) is 0 Å². The summed E-state index contributed by atoms with van der Waals surface area (Å²) >= 11 is 0. The Bertz CT molecular complexity index is 318. The van der Waals surface area contributed by atoms with Crippen molar-refractivity contribution in [1.82, 2.24) is 0 Å². The van der Waals surface area contributed by atoms with Gasteiger partial charge in [-0.1, -0.05) is 63.9 Å². The third-order valence-electron chi connectivity index (χ3n) is 4.11. The zero-order valence-corrected chi connectivity index (χ0v) is 10.9. The Hall–Kier alpha value is -0.780. The second-order valence-electron chi connectivity index (χ2n) is 6.27. The Morgan fingerprint density at radius 2 is 1.56 bits per heavy atom. The Morgan fingerprint density at radius 3 is 2.19 bits per heavy atom. The SMILES string of the molecule is CC(C)(C)[C@@H]1CCCC[C@@H]1c1ccccc1. The Morgan fingerprint density at radius 1 is 0.938 bits per heavy atom. The first-order valence-corrected chi connectivity index (χ1v) is 6.64. The van der Waals surface area contributed by atoms with E-state index < -0.39 is 0 Å². The molecule has 0 nitrogen and oxygen atoms in total. The largest absolute Gasteiger partial charge is 0.0622 e. The van der Waals surface area contributed by atoms with Gasteiger partial charge in [0.15, 0.2) is 0 Å². The first kappa shape index (κ1) is 11.7. The van der Waals surface area contributed by atoms with Gasteiger partial charge in [0.05, 0.1) is 0 Å². The van der Waals surface area contributed by atoms with Crippen LogP contribution in [0.3, 0.4) is 0 Å². The van der Waals surface area contributed by atoms with Gasteiger partial charge < -0.3 is 0 Å². The van der Waals surface area contributed by atoms with Crippen molar-refractivity contribution in [2.75, 3.05) is 0 Å². The molecule has 0 spiro atoms. The summed E-state index contributed by atoms with van der Waals surface area (Å²) in [6, 6.07) is 11.1. The van der Waals surface area contributed by atoms with Crippen LogP contribution in [0.4, 0.5) is 0 Å². The lowest BCUT2D eigenvalue weighted by atomic mass is 9.64. The van der Waals surface area contributed by atoms with Crippen molar-refractivity contribution in [1.29, 1.82) is 0 Å². The normalized spacial score (nSPS) is 26.7. The highest BCUT2D eigenvalue weighted by molar-refractivity contribution is 5.21. The third-order valence-corrected chi connectivity index (χ3v) is 4.11. The second-order valence-corrected chi connectivity index (χ2v) is 6.27. The average Bonchev–Trinajstić information content (AvgIpc) is 2.29. The minimum Gasteiger partial charge on any atom is -0.0622 e. The molecule has 1 aliphatic rings. The first-order valence-electron chi connectivity index (χ1n) is 6.64. The molecule has 2 atom stereocenters. The highest BCUT2D eigenvalue weighted by Crippen LogP contribution is 2.46. The maximum absolute atomic E-state index is 2.40. The monoisotopic (exact) mass is 216 g/mol. The number of rotatable bonds is 1.